The first-order valence-electron chi connectivity index (χ1n) is 6.09. The number of hydrogen-bond donors (Lipinski definition) is 3. The van der Waals surface area contributed by atoms with Crippen LogP contribution in [0.2, 0.25) is 0 Å². The second-order valence-electron chi connectivity index (χ2n) is 4.61. The lowest BCUT2D eigenvalue weighted by atomic mass is 10.1. The van der Waals surface area contributed by atoms with E-state index in [2.05, 4.69) is 15.6 Å². The number of hydrogen-bond acceptors (Lipinski definition) is 5. The summed E-state index contributed by atoms with van der Waals surface area (Å²) in [5.41, 5.74) is 2.88. The molecule has 1 aliphatic heterocycles. The number of aromatic nitrogens is 1. The van der Waals surface area contributed by atoms with E-state index in [0.717, 1.165) is 16.8 Å². The Morgan fingerprint density at radius 1 is 1.30 bits per heavy atom. The average Bonchev–Trinajstić information content (AvgIpc) is 2.46. The molecule has 4 N–H and O–H groups in total. The lowest BCUT2D eigenvalue weighted by Crippen LogP contribution is -2.32. The highest BCUT2D eigenvalue weighted by Gasteiger charge is 2.19. The van der Waals surface area contributed by atoms with Gasteiger partial charge in [-0.15, -0.1) is 0 Å². The van der Waals surface area contributed by atoms with Gasteiger partial charge in [-0.25, -0.2) is 13.6 Å². The van der Waals surface area contributed by atoms with Crippen molar-refractivity contribution in [3.8, 4) is 0 Å². The molecule has 1 unspecified atom stereocenters. The first-order valence-corrected chi connectivity index (χ1v) is 7.64. The lowest BCUT2D eigenvalue weighted by molar-refractivity contribution is 0.562. The van der Waals surface area contributed by atoms with E-state index in [0.29, 0.717) is 6.54 Å². The zero-order valence-electron chi connectivity index (χ0n) is 10.6. The highest BCUT2D eigenvalue weighted by molar-refractivity contribution is 7.89. The molecule has 104 valence electrons. The molecule has 0 aliphatic carbocycles. The van der Waals surface area contributed by atoms with E-state index in [1.54, 1.807) is 24.5 Å². The summed E-state index contributed by atoms with van der Waals surface area (Å²) >= 11 is 0. The molecule has 1 aromatic carbocycles. The van der Waals surface area contributed by atoms with Crippen LogP contribution in [-0.2, 0) is 16.6 Å². The molecule has 0 radical (unpaired) electrons. The summed E-state index contributed by atoms with van der Waals surface area (Å²) in [5.74, 6) is 0. The number of rotatable bonds is 2. The predicted octanol–water partition coefficient (Wildman–Crippen LogP) is 0.943. The summed E-state index contributed by atoms with van der Waals surface area (Å²) in [6.07, 6.45) is 3.35. The van der Waals surface area contributed by atoms with E-state index in [-0.39, 0.29) is 11.1 Å². The number of nitrogens with two attached hydrogens (primary N) is 1. The summed E-state index contributed by atoms with van der Waals surface area (Å²) in [5, 5.41) is 11.7. The minimum absolute atomic E-state index is 0.110. The Balaban J connectivity index is 1.92. The molecule has 3 rings (SSSR count). The van der Waals surface area contributed by atoms with Crippen molar-refractivity contribution in [2.75, 3.05) is 5.32 Å². The summed E-state index contributed by atoms with van der Waals surface area (Å²) in [7, 11) is -3.69. The minimum atomic E-state index is -3.69. The van der Waals surface area contributed by atoms with Crippen molar-refractivity contribution in [3.05, 3.63) is 53.9 Å². The van der Waals surface area contributed by atoms with Gasteiger partial charge in [0.05, 0.1) is 4.90 Å². The zero-order chi connectivity index (χ0) is 14.2. The minimum Gasteiger partial charge on any atom is -0.366 e. The van der Waals surface area contributed by atoms with Crippen molar-refractivity contribution in [1.82, 2.24) is 10.3 Å². The third kappa shape index (κ3) is 2.51. The normalized spacial score (nSPS) is 18.1. The van der Waals surface area contributed by atoms with Crippen LogP contribution in [0.25, 0.3) is 0 Å². The predicted molar refractivity (Wildman–Crippen MR) is 75.3 cm³/mol. The number of primary sulfonamides is 1. The van der Waals surface area contributed by atoms with Gasteiger partial charge in [0.1, 0.15) is 6.17 Å². The molecule has 0 bridgehead atoms. The maximum absolute atomic E-state index is 11.4. The van der Waals surface area contributed by atoms with Gasteiger partial charge in [-0.2, -0.15) is 0 Å². The van der Waals surface area contributed by atoms with Crippen LogP contribution in [0.1, 0.15) is 17.3 Å². The average molecular weight is 290 g/mol. The Kier molecular flexibility index (Phi) is 3.17. The molecular weight excluding hydrogens is 276 g/mol. The smallest absolute Gasteiger partial charge is 0.238 e. The lowest BCUT2D eigenvalue weighted by Gasteiger charge is -2.28. The zero-order valence-corrected chi connectivity index (χ0v) is 11.4. The van der Waals surface area contributed by atoms with E-state index in [1.165, 1.54) is 6.07 Å². The number of nitrogens with zero attached hydrogens (tertiary/aromatic N) is 1. The molecule has 0 fully saturated rings. The largest absolute Gasteiger partial charge is 0.366 e. The molecule has 0 saturated carbocycles. The number of pyridine rings is 1. The van der Waals surface area contributed by atoms with Gasteiger partial charge in [0.25, 0.3) is 0 Å². The second-order valence-corrected chi connectivity index (χ2v) is 6.17. The van der Waals surface area contributed by atoms with Gasteiger partial charge in [-0.05, 0) is 23.8 Å². The quantitative estimate of drug-likeness (QED) is 0.765. The molecule has 0 saturated heterocycles. The molecule has 20 heavy (non-hydrogen) atoms. The van der Waals surface area contributed by atoms with Gasteiger partial charge >= 0.3 is 0 Å². The van der Waals surface area contributed by atoms with Crippen molar-refractivity contribution in [1.29, 1.82) is 0 Å². The van der Waals surface area contributed by atoms with Crippen LogP contribution in [0.5, 0.6) is 0 Å². The van der Waals surface area contributed by atoms with Gasteiger partial charge < -0.3 is 5.32 Å². The number of benzene rings is 1. The Hall–Kier alpha value is -1.96. The molecule has 1 aromatic heterocycles. The molecule has 7 heteroatoms. The summed E-state index contributed by atoms with van der Waals surface area (Å²) < 4.78 is 22.8. The maximum Gasteiger partial charge on any atom is 0.238 e. The van der Waals surface area contributed by atoms with E-state index >= 15 is 0 Å². The van der Waals surface area contributed by atoms with Crippen LogP contribution in [0.15, 0.2) is 47.6 Å². The standard InChI is InChI=1S/C13H14N4O2S/c14-20(18,19)11-3-1-2-9(6-11)13-16-8-10-7-15-5-4-12(10)17-13/h1-7,13,16-17H,8H2,(H2,14,18,19). The molecular formula is C13H14N4O2S. The van der Waals surface area contributed by atoms with Crippen LogP contribution >= 0.6 is 0 Å². The van der Waals surface area contributed by atoms with Gasteiger partial charge in [0, 0.05) is 30.2 Å². The Labute approximate surface area is 117 Å². The molecule has 2 aromatic rings. The Morgan fingerprint density at radius 2 is 2.15 bits per heavy atom. The van der Waals surface area contributed by atoms with E-state index in [4.69, 9.17) is 5.14 Å². The van der Waals surface area contributed by atoms with Crippen LogP contribution in [0, 0.1) is 0 Å². The molecule has 1 atom stereocenters. The Morgan fingerprint density at radius 3 is 2.95 bits per heavy atom. The number of nitrogens with one attached hydrogen (secondary N) is 2. The molecule has 1 aliphatic rings. The fraction of sp³-hybridized carbons (Fsp3) is 0.154. The first-order chi connectivity index (χ1) is 9.54. The fourth-order valence-electron chi connectivity index (χ4n) is 2.20. The molecule has 6 nitrogen and oxygen atoms in total. The summed E-state index contributed by atoms with van der Waals surface area (Å²) in [4.78, 5) is 4.18. The van der Waals surface area contributed by atoms with Crippen molar-refractivity contribution in [3.63, 3.8) is 0 Å². The van der Waals surface area contributed by atoms with Crippen molar-refractivity contribution >= 4 is 15.7 Å². The number of sulfonamides is 1. The fourth-order valence-corrected chi connectivity index (χ4v) is 2.77. The number of anilines is 1. The Bertz CT molecular complexity index is 746. The third-order valence-electron chi connectivity index (χ3n) is 3.22. The van der Waals surface area contributed by atoms with E-state index in [1.807, 2.05) is 12.1 Å². The van der Waals surface area contributed by atoms with Crippen molar-refractivity contribution in [2.24, 2.45) is 5.14 Å². The molecule has 0 spiro atoms. The van der Waals surface area contributed by atoms with Gasteiger partial charge in [-0.1, -0.05) is 12.1 Å². The summed E-state index contributed by atoms with van der Waals surface area (Å²) in [6, 6.07) is 8.49. The first kappa shape index (κ1) is 13.0. The van der Waals surface area contributed by atoms with E-state index < -0.39 is 10.0 Å². The van der Waals surface area contributed by atoms with Gasteiger partial charge in [-0.3, -0.25) is 10.3 Å². The number of fused-ring (bicyclic) bond motifs is 1. The maximum atomic E-state index is 11.4. The van der Waals surface area contributed by atoms with Crippen LogP contribution in [0.3, 0.4) is 0 Å². The molecule has 2 heterocycles. The highest BCUT2D eigenvalue weighted by Crippen LogP contribution is 2.26. The van der Waals surface area contributed by atoms with E-state index in [9.17, 15) is 8.42 Å². The van der Waals surface area contributed by atoms with Gasteiger partial charge in [0.2, 0.25) is 10.0 Å². The van der Waals surface area contributed by atoms with Crippen LogP contribution in [0.4, 0.5) is 5.69 Å². The third-order valence-corrected chi connectivity index (χ3v) is 4.13. The van der Waals surface area contributed by atoms with Crippen LogP contribution < -0.4 is 15.8 Å². The topological polar surface area (TPSA) is 97.1 Å². The van der Waals surface area contributed by atoms with Gasteiger partial charge in [0.15, 0.2) is 0 Å². The monoisotopic (exact) mass is 290 g/mol. The molecule has 0 amide bonds. The summed E-state index contributed by atoms with van der Waals surface area (Å²) in [6.45, 7) is 0.667. The SMILES string of the molecule is NS(=O)(=O)c1cccc(C2NCc3cnccc3N2)c1. The second kappa shape index (κ2) is 4.86. The highest BCUT2D eigenvalue weighted by atomic mass is 32.2. The van der Waals surface area contributed by atoms with Crippen LogP contribution in [-0.4, -0.2) is 13.4 Å². The van der Waals surface area contributed by atoms with Crippen molar-refractivity contribution < 1.29 is 8.42 Å². The van der Waals surface area contributed by atoms with Crippen molar-refractivity contribution in [2.45, 2.75) is 17.6 Å².